The van der Waals surface area contributed by atoms with Gasteiger partial charge >= 0.3 is 12.1 Å². The third-order valence-corrected chi connectivity index (χ3v) is 1.87. The van der Waals surface area contributed by atoms with Crippen LogP contribution in [0.25, 0.3) is 0 Å². The maximum absolute atomic E-state index is 12.3. The molecule has 3 nitrogen and oxygen atoms in total. The van der Waals surface area contributed by atoms with Gasteiger partial charge in [0.05, 0.1) is 0 Å². The highest BCUT2D eigenvalue weighted by Gasteiger charge is 2.39. The molecule has 0 aliphatic heterocycles. The van der Waals surface area contributed by atoms with Crippen molar-refractivity contribution >= 4 is 5.97 Å². The summed E-state index contributed by atoms with van der Waals surface area (Å²) in [6, 6.07) is 0. The number of carbonyl (C=O) groups is 1. The lowest BCUT2D eigenvalue weighted by Gasteiger charge is -2.20. The van der Waals surface area contributed by atoms with Gasteiger partial charge in [-0.2, -0.15) is 13.2 Å². The Balaban J connectivity index is 4.92. The van der Waals surface area contributed by atoms with Gasteiger partial charge in [0.25, 0.3) is 0 Å². The Morgan fingerprint density at radius 1 is 1.25 bits per heavy atom. The van der Waals surface area contributed by atoms with Gasteiger partial charge in [-0.15, -0.1) is 0 Å². The molecule has 0 saturated carbocycles. The number of rotatable bonds is 6. The molecule has 0 aliphatic carbocycles. The van der Waals surface area contributed by atoms with E-state index < -0.39 is 17.7 Å². The van der Waals surface area contributed by atoms with Gasteiger partial charge in [0.1, 0.15) is 0 Å². The van der Waals surface area contributed by atoms with Gasteiger partial charge < -0.3 is 10.0 Å². The number of nitrogens with zero attached hydrogens (tertiary/aromatic N) is 1. The minimum absolute atomic E-state index is 0.417. The molecule has 1 N–H and O–H groups in total. The van der Waals surface area contributed by atoms with E-state index >= 15 is 0 Å². The molecular formula is C10H16F3NO2. The van der Waals surface area contributed by atoms with E-state index in [0.717, 1.165) is 0 Å². The molecule has 0 spiro atoms. The maximum Gasteiger partial charge on any atom is 0.424 e. The van der Waals surface area contributed by atoms with E-state index in [9.17, 15) is 18.0 Å². The summed E-state index contributed by atoms with van der Waals surface area (Å²) in [6.07, 6.45) is -2.79. The van der Waals surface area contributed by atoms with Crippen LogP contribution in [-0.2, 0) is 4.79 Å². The van der Waals surface area contributed by atoms with Crippen LogP contribution in [0, 0.1) is 0 Å². The van der Waals surface area contributed by atoms with Gasteiger partial charge in [-0.25, -0.2) is 4.79 Å². The van der Waals surface area contributed by atoms with E-state index in [-0.39, 0.29) is 0 Å². The van der Waals surface area contributed by atoms with Crippen molar-refractivity contribution in [2.24, 2.45) is 0 Å². The third-order valence-electron chi connectivity index (χ3n) is 1.87. The number of alkyl halides is 3. The van der Waals surface area contributed by atoms with Crippen LogP contribution < -0.4 is 0 Å². The zero-order chi connectivity index (χ0) is 12.8. The van der Waals surface area contributed by atoms with E-state index in [2.05, 4.69) is 0 Å². The predicted molar refractivity (Wildman–Crippen MR) is 53.9 cm³/mol. The SMILES string of the molecule is CCCN(/C=C(\C(=O)O)C(F)(F)F)CCC. The fourth-order valence-electron chi connectivity index (χ4n) is 1.25. The summed E-state index contributed by atoms with van der Waals surface area (Å²) < 4.78 is 37.0. The molecule has 0 unspecified atom stereocenters. The monoisotopic (exact) mass is 239 g/mol. The van der Waals surface area contributed by atoms with Crippen molar-refractivity contribution in [1.29, 1.82) is 0 Å². The minimum Gasteiger partial charge on any atom is -0.478 e. The predicted octanol–water partition coefficient (Wildman–Crippen LogP) is 2.64. The Hall–Kier alpha value is -1.20. The summed E-state index contributed by atoms with van der Waals surface area (Å²) in [5, 5.41) is 8.48. The van der Waals surface area contributed by atoms with Gasteiger partial charge in [-0.1, -0.05) is 13.8 Å². The van der Waals surface area contributed by atoms with E-state index in [1.54, 1.807) is 0 Å². The highest BCUT2D eigenvalue weighted by molar-refractivity contribution is 5.87. The summed E-state index contributed by atoms with van der Waals surface area (Å²) in [4.78, 5) is 11.9. The summed E-state index contributed by atoms with van der Waals surface area (Å²) in [6.45, 7) is 4.48. The molecule has 0 heterocycles. The molecule has 0 bridgehead atoms. The fourth-order valence-corrected chi connectivity index (χ4v) is 1.25. The number of carboxylic acid groups (broad SMARTS) is 1. The number of aliphatic carboxylic acids is 1. The third kappa shape index (κ3) is 5.04. The van der Waals surface area contributed by atoms with Crippen molar-refractivity contribution in [1.82, 2.24) is 4.90 Å². The van der Waals surface area contributed by atoms with Gasteiger partial charge in [-0.3, -0.25) is 0 Å². The zero-order valence-corrected chi connectivity index (χ0v) is 9.34. The molecule has 0 aromatic rings. The van der Waals surface area contributed by atoms with Crippen molar-refractivity contribution in [2.45, 2.75) is 32.9 Å². The molecule has 0 aromatic heterocycles. The summed E-state index contributed by atoms with van der Waals surface area (Å²) in [7, 11) is 0. The highest BCUT2D eigenvalue weighted by Crippen LogP contribution is 2.26. The average Bonchev–Trinajstić information content (AvgIpc) is 2.12. The second kappa shape index (κ2) is 6.40. The molecule has 0 rings (SSSR count). The first kappa shape index (κ1) is 14.8. The molecule has 0 radical (unpaired) electrons. The van der Waals surface area contributed by atoms with E-state index in [0.29, 0.717) is 32.1 Å². The van der Waals surface area contributed by atoms with Crippen molar-refractivity contribution in [3.8, 4) is 0 Å². The first-order chi connectivity index (χ1) is 7.32. The number of hydrogen-bond acceptors (Lipinski definition) is 2. The lowest BCUT2D eigenvalue weighted by molar-refractivity contribution is -0.145. The van der Waals surface area contributed by atoms with E-state index in [4.69, 9.17) is 5.11 Å². The van der Waals surface area contributed by atoms with Gasteiger partial charge in [0.15, 0.2) is 5.57 Å². The van der Waals surface area contributed by atoms with Crippen LogP contribution in [0.15, 0.2) is 11.8 Å². The molecule has 0 amide bonds. The molecule has 0 aromatic carbocycles. The van der Waals surface area contributed by atoms with Crippen LogP contribution in [0.5, 0.6) is 0 Å². The molecule has 6 heteroatoms. The normalized spacial score (nSPS) is 12.7. The average molecular weight is 239 g/mol. The Labute approximate surface area is 92.5 Å². The summed E-state index contributed by atoms with van der Waals surface area (Å²) >= 11 is 0. The molecule has 16 heavy (non-hydrogen) atoms. The summed E-state index contributed by atoms with van der Waals surface area (Å²) in [5.41, 5.74) is -1.52. The van der Waals surface area contributed by atoms with Crippen molar-refractivity contribution < 1.29 is 23.1 Å². The van der Waals surface area contributed by atoms with Crippen molar-refractivity contribution in [3.05, 3.63) is 11.8 Å². The lowest BCUT2D eigenvalue weighted by atomic mass is 10.2. The Bertz CT molecular complexity index is 255. The second-order valence-corrected chi connectivity index (χ2v) is 3.38. The van der Waals surface area contributed by atoms with Crippen LogP contribution >= 0.6 is 0 Å². The lowest BCUT2D eigenvalue weighted by Crippen LogP contribution is -2.26. The molecule has 0 saturated heterocycles. The smallest absolute Gasteiger partial charge is 0.424 e. The number of hydrogen-bond donors (Lipinski definition) is 1. The van der Waals surface area contributed by atoms with Gasteiger partial charge in [0.2, 0.25) is 0 Å². The van der Waals surface area contributed by atoms with Crippen LogP contribution in [0.1, 0.15) is 26.7 Å². The minimum atomic E-state index is -4.81. The topological polar surface area (TPSA) is 40.5 Å². The molecule has 0 atom stereocenters. The first-order valence-corrected chi connectivity index (χ1v) is 5.09. The van der Waals surface area contributed by atoms with E-state index in [1.807, 2.05) is 13.8 Å². The standard InChI is InChI=1S/C10H16F3NO2/c1-3-5-14(6-4-2)7-8(9(15)16)10(11,12)13/h7H,3-6H2,1-2H3,(H,15,16)/b8-7+. The molecule has 0 fully saturated rings. The quantitative estimate of drug-likeness (QED) is 0.724. The zero-order valence-electron chi connectivity index (χ0n) is 9.34. The van der Waals surface area contributed by atoms with Crippen LogP contribution in [0.3, 0.4) is 0 Å². The molecular weight excluding hydrogens is 223 g/mol. The Morgan fingerprint density at radius 2 is 1.69 bits per heavy atom. The fraction of sp³-hybridized carbons (Fsp3) is 0.700. The molecule has 0 aliphatic rings. The van der Waals surface area contributed by atoms with Crippen molar-refractivity contribution in [2.75, 3.05) is 13.1 Å². The Morgan fingerprint density at radius 3 is 1.94 bits per heavy atom. The maximum atomic E-state index is 12.3. The van der Waals surface area contributed by atoms with Gasteiger partial charge in [-0.05, 0) is 12.8 Å². The van der Waals surface area contributed by atoms with Crippen molar-refractivity contribution in [3.63, 3.8) is 0 Å². The van der Waals surface area contributed by atoms with Crippen LogP contribution in [-0.4, -0.2) is 35.2 Å². The summed E-state index contributed by atoms with van der Waals surface area (Å²) in [5.74, 6) is -1.94. The molecule has 94 valence electrons. The Kier molecular flexibility index (Phi) is 5.92. The van der Waals surface area contributed by atoms with Gasteiger partial charge in [0, 0.05) is 19.3 Å². The van der Waals surface area contributed by atoms with E-state index in [1.165, 1.54) is 4.90 Å². The number of halogens is 3. The first-order valence-electron chi connectivity index (χ1n) is 5.09. The largest absolute Gasteiger partial charge is 0.478 e. The van der Waals surface area contributed by atoms with Crippen LogP contribution in [0.4, 0.5) is 13.2 Å². The van der Waals surface area contributed by atoms with Crippen LogP contribution in [0.2, 0.25) is 0 Å². The highest BCUT2D eigenvalue weighted by atomic mass is 19.4. The second-order valence-electron chi connectivity index (χ2n) is 3.38. The number of carboxylic acids is 1.